The molecular weight excluding hydrogens is 294 g/mol. The smallest absolute Gasteiger partial charge is 0.169 e. The summed E-state index contributed by atoms with van der Waals surface area (Å²) >= 11 is 0. The molecule has 1 fully saturated rings. The van der Waals surface area contributed by atoms with Crippen molar-refractivity contribution in [2.24, 2.45) is 0 Å². The van der Waals surface area contributed by atoms with E-state index in [0.717, 1.165) is 12.8 Å². The van der Waals surface area contributed by atoms with Crippen molar-refractivity contribution in [3.8, 4) is 0 Å². The van der Waals surface area contributed by atoms with Crippen LogP contribution in [0.15, 0.2) is 12.3 Å². The van der Waals surface area contributed by atoms with E-state index in [-0.39, 0.29) is 0 Å². The topological polar surface area (TPSA) is 103 Å². The lowest BCUT2D eigenvalue weighted by atomic mass is 9.93. The predicted octanol–water partition coefficient (Wildman–Crippen LogP) is 1.84. The number of nitrogens with one attached hydrogen (secondary N) is 2. The van der Waals surface area contributed by atoms with E-state index in [9.17, 15) is 10.2 Å². The van der Waals surface area contributed by atoms with Gasteiger partial charge in [-0.1, -0.05) is 0 Å². The average molecular weight is 317 g/mol. The fourth-order valence-electron chi connectivity index (χ4n) is 2.51. The van der Waals surface area contributed by atoms with Gasteiger partial charge in [0.15, 0.2) is 11.6 Å². The monoisotopic (exact) mass is 317 g/mol. The van der Waals surface area contributed by atoms with Crippen LogP contribution < -0.4 is 10.6 Å². The Balaban J connectivity index is 1.99. The molecule has 1 aliphatic rings. The Labute approximate surface area is 135 Å². The highest BCUT2D eigenvalue weighted by Crippen LogP contribution is 2.29. The fourth-order valence-corrected chi connectivity index (χ4v) is 2.51. The van der Waals surface area contributed by atoms with Gasteiger partial charge in [-0.3, -0.25) is 4.98 Å². The molecule has 0 saturated heterocycles. The van der Waals surface area contributed by atoms with Crippen molar-refractivity contribution in [2.75, 3.05) is 17.7 Å². The summed E-state index contributed by atoms with van der Waals surface area (Å²) in [6.07, 6.45) is 4.00. The van der Waals surface area contributed by atoms with Gasteiger partial charge in [0.1, 0.15) is 11.6 Å². The largest absolute Gasteiger partial charge is 0.387 e. The zero-order valence-corrected chi connectivity index (χ0v) is 13.7. The summed E-state index contributed by atoms with van der Waals surface area (Å²) in [5, 5.41) is 26.6. The van der Waals surface area contributed by atoms with Crippen LogP contribution >= 0.6 is 0 Å². The molecule has 0 aliphatic heterocycles. The molecule has 4 N–H and O–H groups in total. The van der Waals surface area contributed by atoms with Gasteiger partial charge < -0.3 is 20.8 Å². The maximum absolute atomic E-state index is 10.2. The van der Waals surface area contributed by atoms with Crippen molar-refractivity contribution in [1.29, 1.82) is 0 Å². The van der Waals surface area contributed by atoms with Gasteiger partial charge in [0, 0.05) is 13.1 Å². The van der Waals surface area contributed by atoms with Crippen LogP contribution in [0.25, 0.3) is 11.0 Å². The van der Waals surface area contributed by atoms with E-state index in [4.69, 9.17) is 0 Å². The number of aliphatic hydroxyl groups excluding tert-OH is 1. The molecule has 0 amide bonds. The maximum atomic E-state index is 10.2. The normalized spacial score (nSPS) is 16.9. The van der Waals surface area contributed by atoms with Crippen molar-refractivity contribution in [3.63, 3.8) is 0 Å². The van der Waals surface area contributed by atoms with E-state index in [1.54, 1.807) is 26.1 Å². The summed E-state index contributed by atoms with van der Waals surface area (Å²) in [7, 11) is 1.81. The third-order valence-corrected chi connectivity index (χ3v) is 4.20. The van der Waals surface area contributed by atoms with Gasteiger partial charge in [-0.05, 0) is 39.2 Å². The van der Waals surface area contributed by atoms with Gasteiger partial charge in [-0.15, -0.1) is 0 Å². The van der Waals surface area contributed by atoms with Crippen molar-refractivity contribution in [3.05, 3.63) is 18.0 Å². The van der Waals surface area contributed by atoms with Crippen LogP contribution in [0.1, 0.15) is 44.9 Å². The van der Waals surface area contributed by atoms with Crippen LogP contribution in [0.3, 0.4) is 0 Å². The second kappa shape index (κ2) is 5.90. The molecule has 3 rings (SSSR count). The standard InChI is InChI=1S/C16H23N5O2/c1-16(2,23)13(22)11-7-10-12(8-18-11)21-14(17-3)15(20-10)19-9-5-4-6-9/h7-9,13,22-23H,4-6H2,1-3H3,(H,17,21)(H,19,20). The quantitative estimate of drug-likeness (QED) is 0.667. The number of fused-ring (bicyclic) bond motifs is 1. The minimum absolute atomic E-state index is 0.381. The first-order chi connectivity index (χ1) is 10.9. The first-order valence-electron chi connectivity index (χ1n) is 7.91. The summed E-state index contributed by atoms with van der Waals surface area (Å²) in [5.41, 5.74) is 0.386. The highest BCUT2D eigenvalue weighted by atomic mass is 16.3. The van der Waals surface area contributed by atoms with Crippen LogP contribution in [0.5, 0.6) is 0 Å². The highest BCUT2D eigenvalue weighted by molar-refractivity contribution is 5.80. The minimum Gasteiger partial charge on any atom is -0.387 e. The molecule has 2 heterocycles. The molecule has 0 aromatic carbocycles. The number of rotatable bonds is 5. The van der Waals surface area contributed by atoms with Crippen molar-refractivity contribution >= 4 is 22.7 Å². The number of hydrogen-bond acceptors (Lipinski definition) is 7. The molecule has 1 aliphatic carbocycles. The van der Waals surface area contributed by atoms with Crippen molar-refractivity contribution in [2.45, 2.75) is 50.9 Å². The van der Waals surface area contributed by atoms with Gasteiger partial charge in [0.25, 0.3) is 0 Å². The van der Waals surface area contributed by atoms with E-state index in [0.29, 0.717) is 34.4 Å². The summed E-state index contributed by atoms with van der Waals surface area (Å²) in [5.74, 6) is 1.39. The Hall–Kier alpha value is -1.99. The minimum atomic E-state index is -1.27. The van der Waals surface area contributed by atoms with E-state index in [2.05, 4.69) is 25.6 Å². The Bertz CT molecular complexity index is 709. The number of hydrogen-bond donors (Lipinski definition) is 4. The Morgan fingerprint density at radius 3 is 2.48 bits per heavy atom. The van der Waals surface area contributed by atoms with E-state index >= 15 is 0 Å². The lowest BCUT2D eigenvalue weighted by molar-refractivity contribution is -0.0516. The molecule has 1 saturated carbocycles. The summed E-state index contributed by atoms with van der Waals surface area (Å²) in [4.78, 5) is 13.4. The molecule has 2 aromatic heterocycles. The summed E-state index contributed by atoms with van der Waals surface area (Å²) < 4.78 is 0. The fraction of sp³-hybridized carbons (Fsp3) is 0.562. The molecule has 7 nitrogen and oxygen atoms in total. The molecule has 1 unspecified atom stereocenters. The maximum Gasteiger partial charge on any atom is 0.169 e. The molecular formula is C16H23N5O2. The van der Waals surface area contributed by atoms with Crippen LogP contribution in [0.4, 0.5) is 11.6 Å². The summed E-state index contributed by atoms with van der Waals surface area (Å²) in [6.45, 7) is 3.09. The number of anilines is 2. The van der Waals surface area contributed by atoms with Crippen molar-refractivity contribution < 1.29 is 10.2 Å². The second-order valence-electron chi connectivity index (χ2n) is 6.60. The number of pyridine rings is 1. The molecule has 23 heavy (non-hydrogen) atoms. The Morgan fingerprint density at radius 1 is 1.22 bits per heavy atom. The van der Waals surface area contributed by atoms with Crippen molar-refractivity contribution in [1.82, 2.24) is 15.0 Å². The molecule has 1 atom stereocenters. The zero-order chi connectivity index (χ0) is 16.6. The molecule has 124 valence electrons. The van der Waals surface area contributed by atoms with Crippen LogP contribution in [0, 0.1) is 0 Å². The highest BCUT2D eigenvalue weighted by Gasteiger charge is 2.28. The lowest BCUT2D eigenvalue weighted by Crippen LogP contribution is -2.29. The number of aliphatic hydroxyl groups is 2. The van der Waals surface area contributed by atoms with E-state index in [1.807, 2.05) is 7.05 Å². The van der Waals surface area contributed by atoms with Crippen LogP contribution in [0.2, 0.25) is 0 Å². The predicted molar refractivity (Wildman–Crippen MR) is 89.4 cm³/mol. The van der Waals surface area contributed by atoms with E-state index in [1.165, 1.54) is 6.42 Å². The summed E-state index contributed by atoms with van der Waals surface area (Å²) in [6, 6.07) is 2.12. The molecule has 2 aromatic rings. The van der Waals surface area contributed by atoms with Gasteiger partial charge in [0.2, 0.25) is 0 Å². The van der Waals surface area contributed by atoms with Crippen LogP contribution in [-0.4, -0.2) is 43.9 Å². The lowest BCUT2D eigenvalue weighted by Gasteiger charge is -2.27. The first-order valence-corrected chi connectivity index (χ1v) is 7.91. The van der Waals surface area contributed by atoms with Crippen LogP contribution in [-0.2, 0) is 0 Å². The third-order valence-electron chi connectivity index (χ3n) is 4.20. The Kier molecular flexibility index (Phi) is 4.08. The second-order valence-corrected chi connectivity index (χ2v) is 6.60. The Morgan fingerprint density at radius 2 is 1.91 bits per heavy atom. The van der Waals surface area contributed by atoms with Gasteiger partial charge in [-0.25, -0.2) is 9.97 Å². The average Bonchev–Trinajstić information content (AvgIpc) is 2.47. The molecule has 0 spiro atoms. The SMILES string of the molecule is CNc1nc2cnc(C(O)C(C)(C)O)cc2nc1NC1CCC1. The molecule has 0 radical (unpaired) electrons. The molecule has 7 heteroatoms. The number of nitrogens with zero attached hydrogens (tertiary/aromatic N) is 3. The van der Waals surface area contributed by atoms with Gasteiger partial charge in [0.05, 0.1) is 23.0 Å². The van der Waals surface area contributed by atoms with Gasteiger partial charge >= 0.3 is 0 Å². The van der Waals surface area contributed by atoms with E-state index < -0.39 is 11.7 Å². The molecule has 0 bridgehead atoms. The third kappa shape index (κ3) is 3.20. The number of aromatic nitrogens is 3. The zero-order valence-electron chi connectivity index (χ0n) is 13.7. The van der Waals surface area contributed by atoms with Gasteiger partial charge in [-0.2, -0.15) is 0 Å². The first kappa shape index (κ1) is 15.9.